The Kier molecular flexibility index (Phi) is 4.68. The highest BCUT2D eigenvalue weighted by Crippen LogP contribution is 2.23. The number of carbonyl (C=O) groups excluding carboxylic acids is 1. The fraction of sp³-hybridized carbons (Fsp3) is 0.235. The molecule has 2 aromatic carbocycles. The predicted octanol–water partition coefficient (Wildman–Crippen LogP) is 3.74. The summed E-state index contributed by atoms with van der Waals surface area (Å²) >= 11 is 3.32. The van der Waals surface area contributed by atoms with Gasteiger partial charge in [-0.1, -0.05) is 44.2 Å². The van der Waals surface area contributed by atoms with Gasteiger partial charge in [0.2, 0.25) is 0 Å². The van der Waals surface area contributed by atoms with Crippen molar-refractivity contribution in [2.45, 2.75) is 19.3 Å². The van der Waals surface area contributed by atoms with E-state index >= 15 is 0 Å². The van der Waals surface area contributed by atoms with Gasteiger partial charge >= 0.3 is 0 Å². The van der Waals surface area contributed by atoms with Gasteiger partial charge in [0, 0.05) is 27.7 Å². The van der Waals surface area contributed by atoms with Crippen molar-refractivity contribution in [2.24, 2.45) is 0 Å². The summed E-state index contributed by atoms with van der Waals surface area (Å²) in [6, 6.07) is 15.4. The third kappa shape index (κ3) is 3.85. The van der Waals surface area contributed by atoms with Crippen LogP contribution in [-0.4, -0.2) is 12.5 Å². The lowest BCUT2D eigenvalue weighted by Crippen LogP contribution is -2.36. The zero-order valence-corrected chi connectivity index (χ0v) is 13.8. The number of hydrogen-bond acceptors (Lipinski definition) is 2. The number of nitrogen functional groups attached to an aromatic ring is 1. The molecule has 2 aromatic rings. The summed E-state index contributed by atoms with van der Waals surface area (Å²) in [7, 11) is 0. The number of benzene rings is 2. The highest BCUT2D eigenvalue weighted by Gasteiger charge is 2.21. The van der Waals surface area contributed by atoms with Crippen LogP contribution in [0.2, 0.25) is 0 Å². The lowest BCUT2D eigenvalue weighted by molar-refractivity contribution is 0.0945. The standard InChI is InChI=1S/C17H19BrN2O/c1-17(2,13-6-4-3-5-7-13)11-20-16(21)12-8-9-14(18)15(19)10-12/h3-10H,11,19H2,1-2H3,(H,20,21). The topological polar surface area (TPSA) is 55.1 Å². The average molecular weight is 347 g/mol. The molecule has 0 aliphatic rings. The number of anilines is 1. The summed E-state index contributed by atoms with van der Waals surface area (Å²) in [5, 5.41) is 2.97. The van der Waals surface area contributed by atoms with Gasteiger partial charge in [-0.3, -0.25) is 4.79 Å². The Balaban J connectivity index is 2.05. The molecule has 3 nitrogen and oxygen atoms in total. The fourth-order valence-electron chi connectivity index (χ4n) is 2.08. The van der Waals surface area contributed by atoms with Gasteiger partial charge in [0.1, 0.15) is 0 Å². The zero-order chi connectivity index (χ0) is 15.5. The molecule has 110 valence electrons. The zero-order valence-electron chi connectivity index (χ0n) is 12.2. The molecule has 2 rings (SSSR count). The van der Waals surface area contributed by atoms with Crippen LogP contribution in [-0.2, 0) is 5.41 Å². The predicted molar refractivity (Wildman–Crippen MR) is 90.4 cm³/mol. The van der Waals surface area contributed by atoms with Crippen LogP contribution in [0.5, 0.6) is 0 Å². The van der Waals surface area contributed by atoms with Crippen molar-refractivity contribution in [2.75, 3.05) is 12.3 Å². The minimum absolute atomic E-state index is 0.113. The van der Waals surface area contributed by atoms with E-state index in [4.69, 9.17) is 5.73 Å². The molecule has 0 atom stereocenters. The molecule has 0 heterocycles. The Bertz CT molecular complexity index is 638. The van der Waals surface area contributed by atoms with E-state index in [1.54, 1.807) is 18.2 Å². The van der Waals surface area contributed by atoms with Gasteiger partial charge in [-0.25, -0.2) is 0 Å². The van der Waals surface area contributed by atoms with Crippen LogP contribution >= 0.6 is 15.9 Å². The number of carbonyl (C=O) groups is 1. The SMILES string of the molecule is CC(C)(CNC(=O)c1ccc(Br)c(N)c1)c1ccccc1. The molecule has 0 aliphatic carbocycles. The number of halogens is 1. The molecule has 1 amide bonds. The Morgan fingerprint density at radius 3 is 2.48 bits per heavy atom. The maximum Gasteiger partial charge on any atom is 0.251 e. The molecule has 0 spiro atoms. The van der Waals surface area contributed by atoms with Crippen LogP contribution in [0.15, 0.2) is 53.0 Å². The lowest BCUT2D eigenvalue weighted by Gasteiger charge is -2.25. The first kappa shape index (κ1) is 15.6. The van der Waals surface area contributed by atoms with Gasteiger partial charge in [-0.05, 0) is 39.7 Å². The summed E-state index contributed by atoms with van der Waals surface area (Å²) in [5.74, 6) is -0.113. The molecular weight excluding hydrogens is 328 g/mol. The first-order chi connectivity index (χ1) is 9.90. The summed E-state index contributed by atoms with van der Waals surface area (Å²) in [5.41, 5.74) is 8.00. The number of amides is 1. The second kappa shape index (κ2) is 6.31. The molecule has 0 saturated heterocycles. The van der Waals surface area contributed by atoms with Crippen molar-refractivity contribution in [3.05, 3.63) is 64.1 Å². The third-order valence-corrected chi connectivity index (χ3v) is 4.23. The molecule has 0 aromatic heterocycles. The van der Waals surface area contributed by atoms with Crippen LogP contribution in [0.25, 0.3) is 0 Å². The molecule has 0 unspecified atom stereocenters. The van der Waals surface area contributed by atoms with E-state index in [0.717, 1.165) is 4.47 Å². The van der Waals surface area contributed by atoms with Gasteiger partial charge < -0.3 is 11.1 Å². The molecule has 4 heteroatoms. The summed E-state index contributed by atoms with van der Waals surface area (Å²) in [6.45, 7) is 4.78. The van der Waals surface area contributed by atoms with E-state index in [9.17, 15) is 4.79 Å². The maximum atomic E-state index is 12.2. The van der Waals surface area contributed by atoms with Gasteiger partial charge in [-0.2, -0.15) is 0 Å². The van der Waals surface area contributed by atoms with Crippen molar-refractivity contribution in [3.8, 4) is 0 Å². The number of nitrogens with two attached hydrogens (primary N) is 1. The average Bonchev–Trinajstić information content (AvgIpc) is 2.48. The minimum Gasteiger partial charge on any atom is -0.398 e. The molecule has 21 heavy (non-hydrogen) atoms. The number of nitrogens with one attached hydrogen (secondary N) is 1. The Hall–Kier alpha value is -1.81. The van der Waals surface area contributed by atoms with Crippen LogP contribution in [0.3, 0.4) is 0 Å². The first-order valence-corrected chi connectivity index (χ1v) is 7.58. The van der Waals surface area contributed by atoms with Crippen molar-refractivity contribution in [1.29, 1.82) is 0 Å². The second-order valence-electron chi connectivity index (χ2n) is 5.67. The molecule has 0 saturated carbocycles. The van der Waals surface area contributed by atoms with Crippen molar-refractivity contribution < 1.29 is 4.79 Å². The van der Waals surface area contributed by atoms with Gasteiger partial charge in [-0.15, -0.1) is 0 Å². The van der Waals surface area contributed by atoms with Gasteiger partial charge in [0.15, 0.2) is 0 Å². The molecule has 3 N–H and O–H groups in total. The molecule has 0 bridgehead atoms. The van der Waals surface area contributed by atoms with Gasteiger partial charge in [0.05, 0.1) is 0 Å². The molecule has 0 fully saturated rings. The minimum atomic E-state index is -0.127. The van der Waals surface area contributed by atoms with E-state index in [0.29, 0.717) is 17.8 Å². The Morgan fingerprint density at radius 1 is 1.19 bits per heavy atom. The quantitative estimate of drug-likeness (QED) is 0.828. The second-order valence-corrected chi connectivity index (χ2v) is 6.52. The van der Waals surface area contributed by atoms with E-state index in [1.165, 1.54) is 5.56 Å². The van der Waals surface area contributed by atoms with Crippen molar-refractivity contribution >= 4 is 27.5 Å². The maximum absolute atomic E-state index is 12.2. The van der Waals surface area contributed by atoms with Crippen LogP contribution in [0.4, 0.5) is 5.69 Å². The highest BCUT2D eigenvalue weighted by molar-refractivity contribution is 9.10. The van der Waals surface area contributed by atoms with Crippen LogP contribution < -0.4 is 11.1 Å². The normalized spacial score (nSPS) is 11.2. The highest BCUT2D eigenvalue weighted by atomic mass is 79.9. The van der Waals surface area contributed by atoms with E-state index < -0.39 is 0 Å². The summed E-state index contributed by atoms with van der Waals surface area (Å²) in [6.07, 6.45) is 0. The van der Waals surface area contributed by atoms with Gasteiger partial charge in [0.25, 0.3) is 5.91 Å². The number of rotatable bonds is 4. The Morgan fingerprint density at radius 2 is 1.86 bits per heavy atom. The number of hydrogen-bond donors (Lipinski definition) is 2. The monoisotopic (exact) mass is 346 g/mol. The van der Waals surface area contributed by atoms with Crippen LogP contribution in [0.1, 0.15) is 29.8 Å². The largest absolute Gasteiger partial charge is 0.398 e. The van der Waals surface area contributed by atoms with E-state index in [2.05, 4.69) is 47.2 Å². The smallest absolute Gasteiger partial charge is 0.251 e. The molecule has 0 radical (unpaired) electrons. The fourth-order valence-corrected chi connectivity index (χ4v) is 2.33. The summed E-state index contributed by atoms with van der Waals surface area (Å²) < 4.78 is 0.795. The molecule has 0 aliphatic heterocycles. The lowest BCUT2D eigenvalue weighted by atomic mass is 9.84. The van der Waals surface area contributed by atoms with Crippen molar-refractivity contribution in [1.82, 2.24) is 5.32 Å². The van der Waals surface area contributed by atoms with Crippen LogP contribution in [0, 0.1) is 0 Å². The third-order valence-electron chi connectivity index (χ3n) is 3.50. The van der Waals surface area contributed by atoms with E-state index in [1.807, 2.05) is 18.2 Å². The van der Waals surface area contributed by atoms with E-state index in [-0.39, 0.29) is 11.3 Å². The Labute approximate surface area is 133 Å². The summed E-state index contributed by atoms with van der Waals surface area (Å²) in [4.78, 5) is 12.2. The molecular formula is C17H19BrN2O. The van der Waals surface area contributed by atoms with Crippen molar-refractivity contribution in [3.63, 3.8) is 0 Å². The first-order valence-electron chi connectivity index (χ1n) is 6.79.